The van der Waals surface area contributed by atoms with E-state index in [-0.39, 0.29) is 11.8 Å². The average Bonchev–Trinajstić information content (AvgIpc) is 3.30. The second-order valence-corrected chi connectivity index (χ2v) is 10.7. The number of carbonyl (C=O) groups is 1. The lowest BCUT2D eigenvalue weighted by Gasteiger charge is -2.28. The highest BCUT2D eigenvalue weighted by Gasteiger charge is 2.27. The van der Waals surface area contributed by atoms with Gasteiger partial charge in [-0.05, 0) is 42.4 Å². The molecular weight excluding hydrogens is 387 g/mol. The van der Waals surface area contributed by atoms with Gasteiger partial charge in [-0.3, -0.25) is 4.79 Å². The Balaban J connectivity index is 2.06. The topological polar surface area (TPSA) is 34.9 Å². The molecular formula is C26H25N2OP. The van der Waals surface area contributed by atoms with Gasteiger partial charge >= 0.3 is 0 Å². The van der Waals surface area contributed by atoms with Crippen molar-refractivity contribution in [2.24, 2.45) is 0 Å². The van der Waals surface area contributed by atoms with Crippen molar-refractivity contribution in [2.45, 2.75) is 19.9 Å². The number of carbonyl (C=O) groups excluding carboxylic acids is 1. The Morgan fingerprint density at radius 2 is 1.23 bits per heavy atom. The van der Waals surface area contributed by atoms with E-state index in [0.717, 1.165) is 15.9 Å². The summed E-state index contributed by atoms with van der Waals surface area (Å²) in [4.78, 5) is 18.1. The smallest absolute Gasteiger partial charge is 0.222 e. The molecule has 1 heterocycles. The van der Waals surface area contributed by atoms with Crippen LogP contribution in [-0.4, -0.2) is 21.1 Å². The van der Waals surface area contributed by atoms with Gasteiger partial charge in [0, 0.05) is 18.4 Å². The molecule has 0 fully saturated rings. The molecule has 3 nitrogen and oxygen atoms in total. The van der Waals surface area contributed by atoms with Crippen LogP contribution >= 0.6 is 6.89 Å². The number of benzene rings is 3. The largest absolute Gasteiger partial charge is 0.326 e. The minimum atomic E-state index is -2.33. The van der Waals surface area contributed by atoms with Gasteiger partial charge in [-0.15, -0.1) is 0 Å². The Morgan fingerprint density at radius 3 is 1.63 bits per heavy atom. The highest BCUT2D eigenvalue weighted by Crippen LogP contribution is 2.43. The van der Waals surface area contributed by atoms with Crippen molar-refractivity contribution >= 4 is 34.4 Å². The SMILES string of the molecule is CC(C)n1ccnc1C(=O)C=P(c1ccccc1)(c1ccccc1)c1ccccc1. The first-order valence-electron chi connectivity index (χ1n) is 10.1. The van der Waals surface area contributed by atoms with Crippen LogP contribution in [-0.2, 0) is 0 Å². The predicted molar refractivity (Wildman–Crippen MR) is 128 cm³/mol. The Hall–Kier alpha value is -3.16. The second-order valence-electron chi connectivity index (χ2n) is 7.47. The Bertz CT molecular complexity index is 1080. The summed E-state index contributed by atoms with van der Waals surface area (Å²) in [5.74, 6) is 2.38. The van der Waals surface area contributed by atoms with Gasteiger partial charge in [-0.2, -0.15) is 0 Å². The van der Waals surface area contributed by atoms with Crippen molar-refractivity contribution < 1.29 is 4.79 Å². The number of imidazole rings is 1. The quantitative estimate of drug-likeness (QED) is 0.347. The summed E-state index contributed by atoms with van der Waals surface area (Å²) in [7, 11) is 0. The monoisotopic (exact) mass is 412 g/mol. The molecule has 0 bridgehead atoms. The molecule has 0 aliphatic carbocycles. The normalized spacial score (nSPS) is 11.4. The number of aromatic nitrogens is 2. The number of hydrogen-bond donors (Lipinski definition) is 0. The summed E-state index contributed by atoms with van der Waals surface area (Å²) in [6, 6.07) is 31.3. The molecule has 4 aromatic rings. The molecule has 150 valence electrons. The zero-order chi connectivity index (χ0) is 21.0. The van der Waals surface area contributed by atoms with Crippen molar-refractivity contribution in [2.75, 3.05) is 0 Å². The van der Waals surface area contributed by atoms with Gasteiger partial charge in [0.05, 0.1) is 0 Å². The number of rotatable bonds is 6. The minimum absolute atomic E-state index is 0.0430. The van der Waals surface area contributed by atoms with Gasteiger partial charge in [-0.25, -0.2) is 4.98 Å². The number of hydrogen-bond acceptors (Lipinski definition) is 2. The van der Waals surface area contributed by atoms with E-state index in [1.807, 2.05) is 71.2 Å². The van der Waals surface area contributed by atoms with Gasteiger partial charge in [0.2, 0.25) is 5.78 Å². The van der Waals surface area contributed by atoms with E-state index in [4.69, 9.17) is 0 Å². The van der Waals surface area contributed by atoms with Crippen LogP contribution in [0.25, 0.3) is 0 Å². The van der Waals surface area contributed by atoms with Crippen LogP contribution in [0, 0.1) is 0 Å². The first-order chi connectivity index (χ1) is 14.6. The Kier molecular flexibility index (Phi) is 5.83. The first kappa shape index (κ1) is 20.1. The molecule has 0 unspecified atom stereocenters. The summed E-state index contributed by atoms with van der Waals surface area (Å²) in [5, 5.41) is 3.45. The van der Waals surface area contributed by atoms with E-state index in [9.17, 15) is 4.79 Å². The van der Waals surface area contributed by atoms with E-state index >= 15 is 0 Å². The molecule has 0 N–H and O–H groups in total. The molecule has 4 heteroatoms. The lowest BCUT2D eigenvalue weighted by Crippen LogP contribution is -2.29. The van der Waals surface area contributed by atoms with E-state index in [1.165, 1.54) is 0 Å². The molecule has 0 radical (unpaired) electrons. The van der Waals surface area contributed by atoms with Crippen molar-refractivity contribution in [3.63, 3.8) is 0 Å². The van der Waals surface area contributed by atoms with Crippen LogP contribution < -0.4 is 15.9 Å². The minimum Gasteiger partial charge on any atom is -0.326 e. The zero-order valence-corrected chi connectivity index (χ0v) is 18.1. The van der Waals surface area contributed by atoms with E-state index in [0.29, 0.717) is 5.82 Å². The number of ketones is 1. The Morgan fingerprint density at radius 1 is 0.800 bits per heavy atom. The second kappa shape index (κ2) is 8.69. The molecule has 0 saturated heterocycles. The van der Waals surface area contributed by atoms with Crippen molar-refractivity contribution in [1.82, 2.24) is 9.55 Å². The van der Waals surface area contributed by atoms with Gasteiger partial charge in [0.15, 0.2) is 5.82 Å². The standard InChI is InChI=1S/C26H25N2OP/c1-21(2)28-19-18-27-26(28)25(29)20-30(22-12-6-3-7-13-22,23-14-8-4-9-15-23)24-16-10-5-11-17-24/h3-21H,1-2H3. The average molecular weight is 412 g/mol. The van der Waals surface area contributed by atoms with E-state index in [2.05, 4.69) is 55.2 Å². The first-order valence-corrected chi connectivity index (χ1v) is 12.0. The fourth-order valence-electron chi connectivity index (χ4n) is 3.81. The molecule has 3 aromatic carbocycles. The summed E-state index contributed by atoms with van der Waals surface area (Å²) in [5.41, 5.74) is 0. The lowest BCUT2D eigenvalue weighted by atomic mass is 10.3. The van der Waals surface area contributed by atoms with Crippen LogP contribution in [0.1, 0.15) is 30.5 Å². The maximum atomic E-state index is 13.7. The molecule has 0 amide bonds. The van der Waals surface area contributed by atoms with Gasteiger partial charge in [-0.1, -0.05) is 91.0 Å². The maximum absolute atomic E-state index is 13.7. The third-order valence-corrected chi connectivity index (χ3v) is 9.21. The van der Waals surface area contributed by atoms with Crippen LogP contribution in [0.4, 0.5) is 0 Å². The van der Waals surface area contributed by atoms with E-state index < -0.39 is 6.89 Å². The summed E-state index contributed by atoms with van der Waals surface area (Å²) >= 11 is 0. The molecule has 0 aliphatic rings. The molecule has 0 spiro atoms. The van der Waals surface area contributed by atoms with Crippen LogP contribution in [0.2, 0.25) is 0 Å². The molecule has 1 aromatic heterocycles. The van der Waals surface area contributed by atoms with E-state index in [1.54, 1.807) is 6.20 Å². The van der Waals surface area contributed by atoms with Gasteiger partial charge in [0.25, 0.3) is 0 Å². The van der Waals surface area contributed by atoms with Gasteiger partial charge in [0.1, 0.15) is 0 Å². The fraction of sp³-hybridized carbons (Fsp3) is 0.115. The van der Waals surface area contributed by atoms with Crippen molar-refractivity contribution in [1.29, 1.82) is 0 Å². The van der Waals surface area contributed by atoms with Crippen LogP contribution in [0.15, 0.2) is 103 Å². The number of nitrogens with zero attached hydrogens (tertiary/aromatic N) is 2. The highest BCUT2D eigenvalue weighted by molar-refractivity contribution is 7.95. The third-order valence-electron chi connectivity index (χ3n) is 5.25. The third kappa shape index (κ3) is 3.69. The number of Topliss-reactive ketones (excluding diaryl/α,β-unsaturated/α-hetero) is 1. The van der Waals surface area contributed by atoms with Crippen LogP contribution in [0.3, 0.4) is 0 Å². The maximum Gasteiger partial charge on any atom is 0.222 e. The molecule has 30 heavy (non-hydrogen) atoms. The van der Waals surface area contributed by atoms with Crippen molar-refractivity contribution in [3.8, 4) is 0 Å². The molecule has 0 saturated carbocycles. The van der Waals surface area contributed by atoms with Gasteiger partial charge < -0.3 is 4.57 Å². The Labute approximate surface area is 178 Å². The fourth-order valence-corrected chi connectivity index (χ4v) is 7.55. The zero-order valence-electron chi connectivity index (χ0n) is 17.2. The molecule has 4 rings (SSSR count). The predicted octanol–water partition coefficient (Wildman–Crippen LogP) is 4.44. The summed E-state index contributed by atoms with van der Waals surface area (Å²) < 4.78 is 1.94. The molecule has 0 aliphatic heterocycles. The van der Waals surface area contributed by atoms with Crippen LogP contribution in [0.5, 0.6) is 0 Å². The molecule has 0 atom stereocenters. The summed E-state index contributed by atoms with van der Waals surface area (Å²) in [6.45, 7) is 1.80. The summed E-state index contributed by atoms with van der Waals surface area (Å²) in [6.07, 6.45) is 3.58. The van der Waals surface area contributed by atoms with Crippen molar-refractivity contribution in [3.05, 3.63) is 109 Å². The highest BCUT2D eigenvalue weighted by atomic mass is 31.2. The lowest BCUT2D eigenvalue weighted by molar-refractivity contribution is 0.105.